The first-order valence-corrected chi connectivity index (χ1v) is 9.61. The van der Waals surface area contributed by atoms with E-state index < -0.39 is 0 Å². The van der Waals surface area contributed by atoms with Gasteiger partial charge in [-0.3, -0.25) is 4.98 Å². The fourth-order valence-electron chi connectivity index (χ4n) is 4.39. The van der Waals surface area contributed by atoms with Gasteiger partial charge in [-0.25, -0.2) is 0 Å². The molecule has 5 aromatic carbocycles. The number of fused-ring (bicyclic) bond motifs is 1. The van der Waals surface area contributed by atoms with E-state index in [-0.39, 0.29) is 0 Å². The molecule has 0 saturated carbocycles. The van der Waals surface area contributed by atoms with Crippen LogP contribution in [-0.4, -0.2) is 4.98 Å². The van der Waals surface area contributed by atoms with Gasteiger partial charge in [0, 0.05) is 18.1 Å². The van der Waals surface area contributed by atoms with Crippen molar-refractivity contribution in [3.63, 3.8) is 0 Å². The molecule has 28 heavy (non-hydrogen) atoms. The molecule has 6 rings (SSSR count). The molecule has 0 amide bonds. The Kier molecular flexibility index (Phi) is 3.26. The van der Waals surface area contributed by atoms with Crippen LogP contribution in [0.4, 0.5) is 5.69 Å². The number of aromatic nitrogens is 1. The number of nitrogens with zero attached hydrogens (tertiary/aromatic N) is 1. The number of anilines is 1. The van der Waals surface area contributed by atoms with E-state index in [9.17, 15) is 0 Å². The third-order valence-electron chi connectivity index (χ3n) is 5.72. The molecular weight excluding hydrogens is 340 g/mol. The van der Waals surface area contributed by atoms with Gasteiger partial charge in [-0.2, -0.15) is 0 Å². The fraction of sp³-hybridized carbons (Fsp3) is 0.0385. The van der Waals surface area contributed by atoms with Gasteiger partial charge in [0.2, 0.25) is 0 Å². The van der Waals surface area contributed by atoms with Crippen LogP contribution in [0.2, 0.25) is 0 Å². The van der Waals surface area contributed by atoms with Gasteiger partial charge < -0.3 is 5.32 Å². The summed E-state index contributed by atoms with van der Waals surface area (Å²) < 4.78 is 0. The SMILES string of the molecule is c1cnc2c(NCc3ccc4ccc5cccc6ccc3c4c56)cccc2c1. The van der Waals surface area contributed by atoms with Gasteiger partial charge in [0.1, 0.15) is 0 Å². The second kappa shape index (κ2) is 5.93. The first-order valence-electron chi connectivity index (χ1n) is 9.61. The summed E-state index contributed by atoms with van der Waals surface area (Å²) in [5.41, 5.74) is 3.39. The number of para-hydroxylation sites is 1. The fourth-order valence-corrected chi connectivity index (χ4v) is 4.39. The molecule has 0 aliphatic carbocycles. The second-order valence-electron chi connectivity index (χ2n) is 7.31. The van der Waals surface area contributed by atoms with Gasteiger partial charge in [0.25, 0.3) is 0 Å². The van der Waals surface area contributed by atoms with Crippen molar-refractivity contribution in [2.24, 2.45) is 0 Å². The summed E-state index contributed by atoms with van der Waals surface area (Å²) >= 11 is 0. The zero-order valence-corrected chi connectivity index (χ0v) is 15.3. The first-order chi connectivity index (χ1) is 13.9. The van der Waals surface area contributed by atoms with E-state index in [1.165, 1.54) is 37.9 Å². The van der Waals surface area contributed by atoms with Crippen molar-refractivity contribution in [1.29, 1.82) is 0 Å². The Morgan fingerprint density at radius 2 is 1.29 bits per heavy atom. The van der Waals surface area contributed by atoms with E-state index >= 15 is 0 Å². The van der Waals surface area contributed by atoms with Crippen molar-refractivity contribution in [3.05, 3.63) is 96.7 Å². The van der Waals surface area contributed by atoms with Crippen LogP contribution in [-0.2, 0) is 6.54 Å². The minimum atomic E-state index is 0.768. The van der Waals surface area contributed by atoms with Crippen LogP contribution in [0.25, 0.3) is 43.2 Å². The van der Waals surface area contributed by atoms with Gasteiger partial charge >= 0.3 is 0 Å². The molecule has 0 aliphatic heterocycles. The molecule has 2 heteroatoms. The van der Waals surface area contributed by atoms with E-state index in [1.54, 1.807) is 0 Å². The summed E-state index contributed by atoms with van der Waals surface area (Å²) in [6.45, 7) is 0.768. The lowest BCUT2D eigenvalue weighted by molar-refractivity contribution is 1.17. The Morgan fingerprint density at radius 3 is 2.18 bits per heavy atom. The molecule has 0 saturated heterocycles. The standard InChI is InChI=1S/C26H18N2/c1-4-17-9-10-19-11-12-21(22-14-13-18(5-1)24(17)25(19)22)16-28-23-8-2-6-20-7-3-15-27-26(20)23/h1-15,28H,16H2. The summed E-state index contributed by atoms with van der Waals surface area (Å²) in [5, 5.41) is 12.7. The normalized spacial score (nSPS) is 11.7. The summed E-state index contributed by atoms with van der Waals surface area (Å²) in [4.78, 5) is 4.56. The van der Waals surface area contributed by atoms with Crippen LogP contribution in [0.15, 0.2) is 91.1 Å². The summed E-state index contributed by atoms with van der Waals surface area (Å²) in [5.74, 6) is 0. The number of rotatable bonds is 3. The number of pyridine rings is 1. The largest absolute Gasteiger partial charge is 0.379 e. The Balaban J connectivity index is 1.49. The van der Waals surface area contributed by atoms with Gasteiger partial charge in [0.15, 0.2) is 0 Å². The van der Waals surface area contributed by atoms with Gasteiger partial charge in [-0.05, 0) is 50.0 Å². The second-order valence-corrected chi connectivity index (χ2v) is 7.31. The number of nitrogens with one attached hydrogen (secondary N) is 1. The minimum Gasteiger partial charge on any atom is -0.379 e. The van der Waals surface area contributed by atoms with Crippen molar-refractivity contribution in [2.45, 2.75) is 6.54 Å². The Hall–Kier alpha value is -3.65. The molecule has 0 bridgehead atoms. The van der Waals surface area contributed by atoms with Gasteiger partial charge in [0.05, 0.1) is 11.2 Å². The molecule has 1 aromatic heterocycles. The summed E-state index contributed by atoms with van der Waals surface area (Å²) in [6, 6.07) is 30.4. The first kappa shape index (κ1) is 15.4. The van der Waals surface area contributed by atoms with Crippen molar-refractivity contribution < 1.29 is 0 Å². The van der Waals surface area contributed by atoms with Crippen LogP contribution >= 0.6 is 0 Å². The molecule has 0 spiro atoms. The highest BCUT2D eigenvalue weighted by molar-refractivity contribution is 6.23. The van der Waals surface area contributed by atoms with Gasteiger partial charge in [-0.1, -0.05) is 72.8 Å². The molecule has 1 heterocycles. The average Bonchev–Trinajstić information content (AvgIpc) is 2.76. The molecule has 6 aromatic rings. The van der Waals surface area contributed by atoms with E-state index in [0.717, 1.165) is 23.1 Å². The summed E-state index contributed by atoms with van der Waals surface area (Å²) in [7, 11) is 0. The lowest BCUT2D eigenvalue weighted by Crippen LogP contribution is -2.01. The predicted octanol–water partition coefficient (Wildman–Crippen LogP) is 6.74. The lowest BCUT2D eigenvalue weighted by Gasteiger charge is -2.15. The molecule has 0 aliphatic rings. The van der Waals surface area contributed by atoms with E-state index in [2.05, 4.69) is 89.2 Å². The topological polar surface area (TPSA) is 24.9 Å². The van der Waals surface area contributed by atoms with Crippen molar-refractivity contribution in [3.8, 4) is 0 Å². The third-order valence-corrected chi connectivity index (χ3v) is 5.72. The molecular formula is C26H18N2. The maximum Gasteiger partial charge on any atom is 0.0933 e. The van der Waals surface area contributed by atoms with Crippen LogP contribution in [0, 0.1) is 0 Å². The van der Waals surface area contributed by atoms with Crippen LogP contribution in [0.1, 0.15) is 5.56 Å². The number of hydrogen-bond acceptors (Lipinski definition) is 2. The minimum absolute atomic E-state index is 0.768. The third kappa shape index (κ3) is 2.25. The maximum atomic E-state index is 4.56. The van der Waals surface area contributed by atoms with Crippen LogP contribution < -0.4 is 5.32 Å². The number of hydrogen-bond donors (Lipinski definition) is 1. The monoisotopic (exact) mass is 358 g/mol. The highest BCUT2D eigenvalue weighted by Crippen LogP contribution is 2.36. The van der Waals surface area contributed by atoms with Crippen molar-refractivity contribution in [2.75, 3.05) is 5.32 Å². The molecule has 1 N–H and O–H groups in total. The van der Waals surface area contributed by atoms with Crippen LogP contribution in [0.3, 0.4) is 0 Å². The van der Waals surface area contributed by atoms with Crippen molar-refractivity contribution in [1.82, 2.24) is 4.98 Å². The van der Waals surface area contributed by atoms with Gasteiger partial charge in [-0.15, -0.1) is 0 Å². The molecule has 0 atom stereocenters. The highest BCUT2D eigenvalue weighted by Gasteiger charge is 2.11. The Morgan fingerprint density at radius 1 is 0.607 bits per heavy atom. The molecule has 2 nitrogen and oxygen atoms in total. The van der Waals surface area contributed by atoms with Crippen molar-refractivity contribution >= 4 is 48.9 Å². The lowest BCUT2D eigenvalue weighted by atomic mass is 9.92. The Bertz CT molecular complexity index is 1450. The molecule has 0 unspecified atom stereocenters. The van der Waals surface area contributed by atoms with E-state index in [1.807, 2.05) is 12.3 Å². The predicted molar refractivity (Wildman–Crippen MR) is 119 cm³/mol. The Labute approximate surface area is 162 Å². The van der Waals surface area contributed by atoms with E-state index in [0.29, 0.717) is 0 Å². The number of benzene rings is 5. The zero-order chi connectivity index (χ0) is 18.5. The quantitative estimate of drug-likeness (QED) is 0.354. The van der Waals surface area contributed by atoms with E-state index in [4.69, 9.17) is 0 Å². The smallest absolute Gasteiger partial charge is 0.0933 e. The maximum absolute atomic E-state index is 4.56. The van der Waals surface area contributed by atoms with Crippen LogP contribution in [0.5, 0.6) is 0 Å². The average molecular weight is 358 g/mol. The molecule has 0 radical (unpaired) electrons. The molecule has 0 fully saturated rings. The summed E-state index contributed by atoms with van der Waals surface area (Å²) in [6.07, 6.45) is 1.85. The zero-order valence-electron chi connectivity index (χ0n) is 15.3. The highest BCUT2D eigenvalue weighted by atomic mass is 14.9. The molecule has 132 valence electrons.